The van der Waals surface area contributed by atoms with Gasteiger partial charge in [-0.25, -0.2) is 4.39 Å². The summed E-state index contributed by atoms with van der Waals surface area (Å²) < 4.78 is 21.1. The van der Waals surface area contributed by atoms with Crippen LogP contribution >= 0.6 is 11.8 Å². The van der Waals surface area contributed by atoms with Crippen LogP contribution in [0.2, 0.25) is 0 Å². The molecule has 1 heterocycles. The number of hydrogen-bond donors (Lipinski definition) is 1. The number of para-hydroxylation sites is 2. The molecule has 1 aromatic heterocycles. The molecule has 1 atom stereocenters. The Morgan fingerprint density at radius 1 is 0.971 bits per heavy atom. The monoisotopic (exact) mass is 490 g/mol. The summed E-state index contributed by atoms with van der Waals surface area (Å²) in [6, 6.07) is 23.3. The molecule has 0 aliphatic rings. The van der Waals surface area contributed by atoms with Crippen molar-refractivity contribution < 1.29 is 13.9 Å². The van der Waals surface area contributed by atoms with Crippen molar-refractivity contribution >= 4 is 23.4 Å². The van der Waals surface area contributed by atoms with Crippen molar-refractivity contribution in [2.24, 2.45) is 0 Å². The van der Waals surface area contributed by atoms with Gasteiger partial charge in [-0.2, -0.15) is 0 Å². The largest absolute Gasteiger partial charge is 0.483 e. The first-order valence-corrected chi connectivity index (χ1v) is 12.4. The Morgan fingerprint density at radius 3 is 2.37 bits per heavy atom. The van der Waals surface area contributed by atoms with E-state index in [0.717, 1.165) is 16.9 Å². The Bertz CT molecular complexity index is 1280. The van der Waals surface area contributed by atoms with Crippen LogP contribution in [0.25, 0.3) is 5.69 Å². The second-order valence-electron chi connectivity index (χ2n) is 8.30. The molecule has 4 rings (SSSR count). The van der Waals surface area contributed by atoms with Gasteiger partial charge in [-0.05, 0) is 60.9 Å². The Labute approximate surface area is 208 Å². The lowest BCUT2D eigenvalue weighted by molar-refractivity contribution is -0.113. The molecule has 35 heavy (non-hydrogen) atoms. The van der Waals surface area contributed by atoms with Crippen molar-refractivity contribution in [2.45, 2.75) is 37.9 Å². The number of aromatic nitrogens is 3. The molecule has 1 amide bonds. The van der Waals surface area contributed by atoms with Crippen molar-refractivity contribution in [2.75, 3.05) is 11.1 Å². The molecule has 0 aliphatic heterocycles. The van der Waals surface area contributed by atoms with Gasteiger partial charge in [0.1, 0.15) is 11.6 Å². The summed E-state index contributed by atoms with van der Waals surface area (Å²) in [6.45, 7) is 6.05. The molecule has 1 unspecified atom stereocenters. The van der Waals surface area contributed by atoms with E-state index in [1.165, 1.54) is 23.9 Å². The number of ether oxygens (including phenoxy) is 1. The number of amides is 1. The molecule has 4 aromatic rings. The highest BCUT2D eigenvalue weighted by atomic mass is 32.2. The number of rotatable bonds is 9. The first-order chi connectivity index (χ1) is 16.9. The molecule has 0 saturated heterocycles. The quantitative estimate of drug-likeness (QED) is 0.275. The number of nitrogens with one attached hydrogen (secondary N) is 1. The van der Waals surface area contributed by atoms with Gasteiger partial charge in [0.2, 0.25) is 5.91 Å². The predicted molar refractivity (Wildman–Crippen MR) is 137 cm³/mol. The number of halogens is 1. The Balaban J connectivity index is 1.53. The van der Waals surface area contributed by atoms with Gasteiger partial charge < -0.3 is 10.1 Å². The van der Waals surface area contributed by atoms with E-state index in [1.54, 1.807) is 12.1 Å². The summed E-state index contributed by atoms with van der Waals surface area (Å²) in [5.74, 6) is 1.12. The number of carbonyl (C=O) groups is 1. The highest BCUT2D eigenvalue weighted by Gasteiger charge is 2.22. The minimum atomic E-state index is -0.464. The van der Waals surface area contributed by atoms with Crippen LogP contribution in [0.5, 0.6) is 5.75 Å². The van der Waals surface area contributed by atoms with Crippen molar-refractivity contribution in [1.82, 2.24) is 14.8 Å². The molecule has 0 saturated carbocycles. The molecule has 180 valence electrons. The average molecular weight is 491 g/mol. The molecule has 0 fully saturated rings. The second kappa shape index (κ2) is 11.2. The fourth-order valence-electron chi connectivity index (χ4n) is 3.66. The van der Waals surface area contributed by atoms with Gasteiger partial charge in [0.25, 0.3) is 0 Å². The number of thioether (sulfide) groups is 1. The molecular formula is C27H27FN4O2S. The van der Waals surface area contributed by atoms with Gasteiger partial charge in [0, 0.05) is 11.4 Å². The van der Waals surface area contributed by atoms with Crippen LogP contribution in [-0.2, 0) is 4.79 Å². The third-order valence-corrected chi connectivity index (χ3v) is 6.28. The highest BCUT2D eigenvalue weighted by molar-refractivity contribution is 7.99. The van der Waals surface area contributed by atoms with Crippen LogP contribution in [0.3, 0.4) is 0 Å². The lowest BCUT2D eigenvalue weighted by atomic mass is 10.0. The molecule has 8 heteroatoms. The minimum absolute atomic E-state index is 0.122. The molecule has 0 radical (unpaired) electrons. The van der Waals surface area contributed by atoms with Gasteiger partial charge in [-0.15, -0.1) is 10.2 Å². The summed E-state index contributed by atoms with van der Waals surface area (Å²) in [5, 5.41) is 12.3. The lowest BCUT2D eigenvalue weighted by Crippen LogP contribution is -2.16. The standard InChI is InChI=1S/C27H27FN4O2S/c1-18(2)23-11-7-8-12-24(23)29-25(33)17-35-27-31-30-26(32(27)21-9-5-4-6-10-21)19(3)34-22-15-13-20(28)14-16-22/h4-16,18-19H,17H2,1-3H3,(H,29,33). The van der Waals surface area contributed by atoms with Crippen LogP contribution < -0.4 is 10.1 Å². The van der Waals surface area contributed by atoms with Gasteiger partial charge in [-0.3, -0.25) is 9.36 Å². The SMILES string of the molecule is CC(C)c1ccccc1NC(=O)CSc1nnc(C(C)Oc2ccc(F)cc2)n1-c1ccccc1. The van der Waals surface area contributed by atoms with E-state index in [0.29, 0.717) is 22.6 Å². The van der Waals surface area contributed by atoms with E-state index in [4.69, 9.17) is 4.74 Å². The van der Waals surface area contributed by atoms with E-state index in [9.17, 15) is 9.18 Å². The van der Waals surface area contributed by atoms with Crippen LogP contribution in [0.1, 0.15) is 44.2 Å². The normalized spacial score (nSPS) is 11.9. The molecule has 0 spiro atoms. The minimum Gasteiger partial charge on any atom is -0.483 e. The number of anilines is 1. The Hall–Kier alpha value is -3.65. The Morgan fingerprint density at radius 2 is 1.66 bits per heavy atom. The van der Waals surface area contributed by atoms with Crippen molar-refractivity contribution in [1.29, 1.82) is 0 Å². The maximum absolute atomic E-state index is 13.3. The predicted octanol–water partition coefficient (Wildman–Crippen LogP) is 6.40. The van der Waals surface area contributed by atoms with Crippen LogP contribution in [0.15, 0.2) is 84.0 Å². The zero-order chi connectivity index (χ0) is 24.8. The maximum atomic E-state index is 13.3. The lowest BCUT2D eigenvalue weighted by Gasteiger charge is -2.17. The summed E-state index contributed by atoms with van der Waals surface area (Å²) in [7, 11) is 0. The number of nitrogens with zero attached hydrogens (tertiary/aromatic N) is 3. The molecular weight excluding hydrogens is 463 g/mol. The summed E-state index contributed by atoms with van der Waals surface area (Å²) >= 11 is 1.30. The third-order valence-electron chi connectivity index (χ3n) is 5.35. The van der Waals surface area contributed by atoms with E-state index in [1.807, 2.05) is 66.1 Å². The van der Waals surface area contributed by atoms with Crippen LogP contribution in [-0.4, -0.2) is 26.4 Å². The zero-order valence-corrected chi connectivity index (χ0v) is 20.6. The molecule has 0 bridgehead atoms. The molecule has 3 aromatic carbocycles. The molecule has 0 aliphatic carbocycles. The highest BCUT2D eigenvalue weighted by Crippen LogP contribution is 2.29. The van der Waals surface area contributed by atoms with Crippen molar-refractivity contribution in [3.8, 4) is 11.4 Å². The average Bonchev–Trinajstić information content (AvgIpc) is 3.29. The van der Waals surface area contributed by atoms with Crippen LogP contribution in [0.4, 0.5) is 10.1 Å². The summed E-state index contributed by atoms with van der Waals surface area (Å²) in [6.07, 6.45) is -0.464. The topological polar surface area (TPSA) is 69.0 Å². The van der Waals surface area contributed by atoms with Gasteiger partial charge in [0.05, 0.1) is 5.75 Å². The number of benzene rings is 3. The third kappa shape index (κ3) is 6.08. The van der Waals surface area contributed by atoms with E-state index >= 15 is 0 Å². The van der Waals surface area contributed by atoms with Gasteiger partial charge >= 0.3 is 0 Å². The van der Waals surface area contributed by atoms with Crippen LogP contribution in [0, 0.1) is 5.82 Å². The summed E-state index contributed by atoms with van der Waals surface area (Å²) in [4.78, 5) is 12.8. The number of hydrogen-bond acceptors (Lipinski definition) is 5. The smallest absolute Gasteiger partial charge is 0.234 e. The molecule has 6 nitrogen and oxygen atoms in total. The zero-order valence-electron chi connectivity index (χ0n) is 19.8. The second-order valence-corrected chi connectivity index (χ2v) is 9.25. The van der Waals surface area contributed by atoms with Crippen molar-refractivity contribution in [3.05, 3.63) is 96.1 Å². The first kappa shape index (κ1) is 24.5. The van der Waals surface area contributed by atoms with E-state index in [2.05, 4.69) is 29.4 Å². The van der Waals surface area contributed by atoms with E-state index in [-0.39, 0.29) is 17.5 Å². The molecule has 1 N–H and O–H groups in total. The number of carbonyl (C=O) groups excluding carboxylic acids is 1. The first-order valence-electron chi connectivity index (χ1n) is 11.4. The fraction of sp³-hybridized carbons (Fsp3) is 0.222. The maximum Gasteiger partial charge on any atom is 0.234 e. The summed E-state index contributed by atoms with van der Waals surface area (Å²) in [5.41, 5.74) is 2.77. The van der Waals surface area contributed by atoms with Crippen molar-refractivity contribution in [3.63, 3.8) is 0 Å². The fourth-order valence-corrected chi connectivity index (χ4v) is 4.42. The van der Waals surface area contributed by atoms with Gasteiger partial charge in [0.15, 0.2) is 17.1 Å². The van der Waals surface area contributed by atoms with Gasteiger partial charge in [-0.1, -0.05) is 62.0 Å². The Kier molecular flexibility index (Phi) is 7.82. The van der Waals surface area contributed by atoms with E-state index < -0.39 is 6.10 Å².